The van der Waals surface area contributed by atoms with Gasteiger partial charge in [-0.1, -0.05) is 48.0 Å². The van der Waals surface area contributed by atoms with Gasteiger partial charge in [0.15, 0.2) is 0 Å². The molecule has 0 unspecified atom stereocenters. The van der Waals surface area contributed by atoms with E-state index in [1.807, 2.05) is 37.3 Å². The summed E-state index contributed by atoms with van der Waals surface area (Å²) < 4.78 is 2.50. The second kappa shape index (κ2) is 9.38. The Kier molecular flexibility index (Phi) is 5.98. The van der Waals surface area contributed by atoms with Crippen molar-refractivity contribution in [2.75, 3.05) is 6.61 Å². The van der Waals surface area contributed by atoms with Gasteiger partial charge in [-0.05, 0) is 88.5 Å². The number of aliphatic hydroxyl groups excluding tert-OH is 1. The molecule has 6 rings (SSSR count). The number of hydrogen-bond donors (Lipinski definition) is 2. The number of aromatic nitrogens is 2. The number of halogens is 1. The highest BCUT2D eigenvalue weighted by atomic mass is 35.5. The summed E-state index contributed by atoms with van der Waals surface area (Å²) in [5, 5.41) is 9.71. The Hall–Kier alpha value is -4.46. The Morgan fingerprint density at radius 2 is 1.79 bits per heavy atom. The van der Waals surface area contributed by atoms with Gasteiger partial charge in [-0.2, -0.15) is 0 Å². The van der Waals surface area contributed by atoms with Crippen molar-refractivity contribution in [1.82, 2.24) is 8.97 Å². The number of rotatable bonds is 5. The third-order valence-corrected chi connectivity index (χ3v) is 7.80. The molecule has 2 aromatic heterocycles. The van der Waals surface area contributed by atoms with Crippen LogP contribution in [0.2, 0.25) is 5.02 Å². The van der Waals surface area contributed by atoms with Gasteiger partial charge < -0.3 is 10.8 Å². The molecule has 194 valence electrons. The second-order valence-electron chi connectivity index (χ2n) is 9.68. The van der Waals surface area contributed by atoms with Crippen LogP contribution in [-0.4, -0.2) is 26.6 Å². The molecule has 8 heteroatoms. The van der Waals surface area contributed by atoms with Gasteiger partial charge in [-0.3, -0.25) is 14.0 Å². The van der Waals surface area contributed by atoms with E-state index in [-0.39, 0.29) is 6.61 Å². The van der Waals surface area contributed by atoms with Gasteiger partial charge >= 0.3 is 5.69 Å². The Morgan fingerprint density at radius 3 is 2.56 bits per heavy atom. The van der Waals surface area contributed by atoms with Gasteiger partial charge in [0, 0.05) is 24.4 Å². The first-order valence-electron chi connectivity index (χ1n) is 12.5. The number of amides is 1. The molecule has 0 aliphatic heterocycles. The summed E-state index contributed by atoms with van der Waals surface area (Å²) in [6, 6.07) is 19.8. The number of hydrogen-bond acceptors (Lipinski definition) is 4. The van der Waals surface area contributed by atoms with E-state index in [9.17, 15) is 19.5 Å². The maximum atomic E-state index is 13.5. The lowest BCUT2D eigenvalue weighted by molar-refractivity contribution is 0.0999. The normalized spacial score (nSPS) is 12.0. The number of primary amides is 1. The minimum atomic E-state index is -0.517. The molecule has 7 nitrogen and oxygen atoms in total. The standard InChI is InChI=1S/C31H24ClN3O4/c1-17-20(4-2-6-26(17)35-28(37)16-27-25(32)5-3-12-34(27)31(35)39)22-9-10-23(30(33)38)24-15-19-14-18(11-13-36)7-8-21(19)29(22)24/h2-10,12,14,16,36H,11,13,15H2,1H3,(H2,33,38). The maximum Gasteiger partial charge on any atom is 0.340 e. The van der Waals surface area contributed by atoms with Crippen LogP contribution in [0, 0.1) is 6.92 Å². The maximum absolute atomic E-state index is 13.5. The number of benzene rings is 3. The van der Waals surface area contributed by atoms with Crippen LogP contribution >= 0.6 is 11.6 Å². The largest absolute Gasteiger partial charge is 0.396 e. The number of fused-ring (bicyclic) bond motifs is 4. The van der Waals surface area contributed by atoms with E-state index in [0.717, 1.165) is 49.1 Å². The van der Waals surface area contributed by atoms with E-state index in [1.165, 1.54) is 10.5 Å². The second-order valence-corrected chi connectivity index (χ2v) is 10.1. The van der Waals surface area contributed by atoms with E-state index in [4.69, 9.17) is 17.3 Å². The molecule has 5 aromatic rings. The molecule has 2 heterocycles. The topological polar surface area (TPSA) is 107 Å². The molecule has 0 saturated carbocycles. The quantitative estimate of drug-likeness (QED) is 0.342. The molecule has 0 saturated heterocycles. The van der Waals surface area contributed by atoms with E-state index in [2.05, 4.69) is 6.07 Å². The zero-order valence-corrected chi connectivity index (χ0v) is 21.8. The molecule has 0 atom stereocenters. The van der Waals surface area contributed by atoms with E-state index in [0.29, 0.717) is 34.6 Å². The van der Waals surface area contributed by atoms with Crippen molar-refractivity contribution in [2.45, 2.75) is 19.8 Å². The molecule has 1 aliphatic carbocycles. The van der Waals surface area contributed by atoms with Crippen LogP contribution in [0.1, 0.15) is 32.6 Å². The van der Waals surface area contributed by atoms with Crippen molar-refractivity contribution in [3.8, 4) is 27.9 Å². The lowest BCUT2D eigenvalue weighted by Gasteiger charge is -2.17. The van der Waals surface area contributed by atoms with Crippen molar-refractivity contribution in [1.29, 1.82) is 0 Å². The minimum Gasteiger partial charge on any atom is -0.396 e. The van der Waals surface area contributed by atoms with Crippen molar-refractivity contribution >= 4 is 23.0 Å². The Bertz CT molecular complexity index is 1960. The summed E-state index contributed by atoms with van der Waals surface area (Å²) in [6.45, 7) is 1.92. The van der Waals surface area contributed by atoms with Gasteiger partial charge in [0.05, 0.1) is 16.2 Å². The van der Waals surface area contributed by atoms with E-state index < -0.39 is 17.2 Å². The molecule has 39 heavy (non-hydrogen) atoms. The molecule has 1 amide bonds. The highest BCUT2D eigenvalue weighted by molar-refractivity contribution is 6.33. The van der Waals surface area contributed by atoms with Crippen molar-refractivity contribution in [3.05, 3.63) is 127 Å². The van der Waals surface area contributed by atoms with Gasteiger partial charge in [0.2, 0.25) is 5.91 Å². The van der Waals surface area contributed by atoms with Crippen LogP contribution in [0.4, 0.5) is 0 Å². The molecule has 3 aromatic carbocycles. The number of nitrogens with two attached hydrogens (primary N) is 1. The summed E-state index contributed by atoms with van der Waals surface area (Å²) in [5.74, 6) is -0.499. The van der Waals surface area contributed by atoms with Gasteiger partial charge in [0.25, 0.3) is 5.56 Å². The molecule has 1 aliphatic rings. The van der Waals surface area contributed by atoms with Crippen molar-refractivity contribution < 1.29 is 9.90 Å². The first kappa shape index (κ1) is 24.9. The van der Waals surface area contributed by atoms with E-state index >= 15 is 0 Å². The number of carbonyl (C=O) groups is 1. The van der Waals surface area contributed by atoms with Gasteiger partial charge in [-0.25, -0.2) is 9.36 Å². The fraction of sp³-hybridized carbons (Fsp3) is 0.129. The molecule has 0 radical (unpaired) electrons. The lowest BCUT2D eigenvalue weighted by atomic mass is 9.89. The molecule has 0 spiro atoms. The summed E-state index contributed by atoms with van der Waals surface area (Å²) in [6.07, 6.45) is 2.67. The van der Waals surface area contributed by atoms with Crippen LogP contribution in [0.25, 0.3) is 33.5 Å². The highest BCUT2D eigenvalue weighted by Crippen LogP contribution is 2.45. The molecular formula is C31H24ClN3O4. The Balaban J connectivity index is 1.59. The molecule has 0 fully saturated rings. The number of nitrogens with zero attached hydrogens (tertiary/aromatic N) is 2. The predicted octanol–water partition coefficient (Wildman–Crippen LogP) is 4.28. The summed E-state index contributed by atoms with van der Waals surface area (Å²) >= 11 is 6.24. The fourth-order valence-electron chi connectivity index (χ4n) is 5.67. The fourth-order valence-corrected chi connectivity index (χ4v) is 5.89. The Morgan fingerprint density at radius 1 is 1.00 bits per heavy atom. The molecule has 0 bridgehead atoms. The van der Waals surface area contributed by atoms with Crippen molar-refractivity contribution in [3.63, 3.8) is 0 Å². The zero-order chi connectivity index (χ0) is 27.4. The van der Waals surface area contributed by atoms with Crippen molar-refractivity contribution in [2.24, 2.45) is 5.73 Å². The zero-order valence-electron chi connectivity index (χ0n) is 21.1. The van der Waals surface area contributed by atoms with Crippen LogP contribution in [0.5, 0.6) is 0 Å². The first-order valence-corrected chi connectivity index (χ1v) is 12.9. The SMILES string of the molecule is Cc1c(-c2ccc(C(N)=O)c3c2-c2ccc(CCO)cc2C3)cccc1-n1c(=O)cc2c(Cl)cccn2c1=O. The van der Waals surface area contributed by atoms with Gasteiger partial charge in [-0.15, -0.1) is 0 Å². The number of aliphatic hydroxyl groups is 1. The third-order valence-electron chi connectivity index (χ3n) is 7.48. The van der Waals surface area contributed by atoms with E-state index in [1.54, 1.807) is 30.5 Å². The monoisotopic (exact) mass is 537 g/mol. The van der Waals surface area contributed by atoms with Crippen LogP contribution in [-0.2, 0) is 12.8 Å². The van der Waals surface area contributed by atoms with Gasteiger partial charge in [0.1, 0.15) is 0 Å². The highest BCUT2D eigenvalue weighted by Gasteiger charge is 2.27. The smallest absolute Gasteiger partial charge is 0.340 e. The van der Waals surface area contributed by atoms with Crippen LogP contribution < -0.4 is 17.0 Å². The third kappa shape index (κ3) is 3.90. The van der Waals surface area contributed by atoms with Crippen LogP contribution in [0.3, 0.4) is 0 Å². The first-order chi connectivity index (χ1) is 18.8. The minimum absolute atomic E-state index is 0.0514. The Labute approximate surface area is 228 Å². The summed E-state index contributed by atoms with van der Waals surface area (Å²) in [4.78, 5) is 39.0. The average Bonchev–Trinajstić information content (AvgIpc) is 3.29. The molecular weight excluding hydrogens is 514 g/mol. The van der Waals surface area contributed by atoms with Crippen LogP contribution in [0.15, 0.2) is 82.5 Å². The summed E-state index contributed by atoms with van der Waals surface area (Å²) in [7, 11) is 0. The summed E-state index contributed by atoms with van der Waals surface area (Å²) in [5.41, 5.74) is 13.3. The number of pyridine rings is 1. The molecule has 3 N–H and O–H groups in total. The average molecular weight is 538 g/mol. The predicted molar refractivity (Wildman–Crippen MR) is 152 cm³/mol. The lowest BCUT2D eigenvalue weighted by Crippen LogP contribution is -2.36. The number of carbonyl (C=O) groups excluding carboxylic acids is 1.